The van der Waals surface area contributed by atoms with Crippen molar-refractivity contribution in [1.29, 1.82) is 0 Å². The smallest absolute Gasteiger partial charge is 0.148 e. The monoisotopic (exact) mass is 277 g/mol. The summed E-state index contributed by atoms with van der Waals surface area (Å²) in [5.41, 5.74) is -0.0151. The van der Waals surface area contributed by atoms with Crippen LogP contribution in [0.4, 0.5) is 0 Å². The minimum atomic E-state index is -2.90. The molecule has 0 aromatic heterocycles. The van der Waals surface area contributed by atoms with Gasteiger partial charge in [0, 0.05) is 31.4 Å². The molecule has 1 N–H and O–H groups in total. The van der Waals surface area contributed by atoms with Gasteiger partial charge in [-0.15, -0.1) is 0 Å². The molecule has 18 heavy (non-hydrogen) atoms. The standard InChI is InChI=1S/C13H27NO3S/c1-12-4-6-13(11-15,7-5-12)10-14(2)8-9-18(3,16)17/h12,15H,4-11H2,1-3H3. The van der Waals surface area contributed by atoms with Crippen molar-refractivity contribution in [3.05, 3.63) is 0 Å². The first-order chi connectivity index (χ1) is 8.26. The first-order valence-electron chi connectivity index (χ1n) is 6.73. The molecule has 0 amide bonds. The Hall–Kier alpha value is -0.130. The molecule has 0 radical (unpaired) electrons. The molecule has 0 heterocycles. The number of hydrogen-bond acceptors (Lipinski definition) is 4. The SMILES string of the molecule is CC1CCC(CO)(CN(C)CCS(C)(=O)=O)CC1. The predicted octanol–water partition coefficient (Wildman–Crippen LogP) is 1.15. The van der Waals surface area contributed by atoms with Crippen molar-refractivity contribution < 1.29 is 13.5 Å². The van der Waals surface area contributed by atoms with Crippen molar-refractivity contribution >= 4 is 9.84 Å². The van der Waals surface area contributed by atoms with E-state index in [2.05, 4.69) is 6.92 Å². The second-order valence-electron chi connectivity index (χ2n) is 6.21. The van der Waals surface area contributed by atoms with Gasteiger partial charge in [0.05, 0.1) is 5.75 Å². The lowest BCUT2D eigenvalue weighted by Crippen LogP contribution is -2.42. The van der Waals surface area contributed by atoms with Crippen molar-refractivity contribution in [2.75, 3.05) is 38.8 Å². The van der Waals surface area contributed by atoms with Gasteiger partial charge in [0.15, 0.2) is 0 Å². The maximum atomic E-state index is 11.1. The second-order valence-corrected chi connectivity index (χ2v) is 8.47. The Morgan fingerprint density at radius 2 is 1.89 bits per heavy atom. The molecule has 0 atom stereocenters. The molecule has 0 saturated heterocycles. The topological polar surface area (TPSA) is 57.6 Å². The lowest BCUT2D eigenvalue weighted by Gasteiger charge is -2.40. The number of rotatable bonds is 6. The minimum Gasteiger partial charge on any atom is -0.396 e. The highest BCUT2D eigenvalue weighted by Crippen LogP contribution is 2.38. The van der Waals surface area contributed by atoms with Crippen LogP contribution in [-0.2, 0) is 9.84 Å². The van der Waals surface area contributed by atoms with Crippen molar-refractivity contribution in [3.8, 4) is 0 Å². The fourth-order valence-electron chi connectivity index (χ4n) is 2.71. The fraction of sp³-hybridized carbons (Fsp3) is 1.00. The predicted molar refractivity (Wildman–Crippen MR) is 74.4 cm³/mol. The molecule has 1 rings (SSSR count). The van der Waals surface area contributed by atoms with E-state index in [9.17, 15) is 13.5 Å². The highest BCUT2D eigenvalue weighted by atomic mass is 32.2. The second kappa shape index (κ2) is 6.35. The zero-order chi connectivity index (χ0) is 13.8. The first kappa shape index (κ1) is 15.9. The van der Waals surface area contributed by atoms with Crippen molar-refractivity contribution in [2.24, 2.45) is 11.3 Å². The summed E-state index contributed by atoms with van der Waals surface area (Å²) in [6.45, 7) is 3.82. The molecule has 0 unspecified atom stereocenters. The van der Waals surface area contributed by atoms with Gasteiger partial charge < -0.3 is 10.0 Å². The summed E-state index contributed by atoms with van der Waals surface area (Å²) in [6.07, 6.45) is 5.70. The van der Waals surface area contributed by atoms with E-state index in [1.54, 1.807) is 0 Å². The largest absolute Gasteiger partial charge is 0.396 e. The number of sulfone groups is 1. The van der Waals surface area contributed by atoms with E-state index in [0.29, 0.717) is 6.54 Å². The third-order valence-corrected chi connectivity index (χ3v) is 5.04. The zero-order valence-electron chi connectivity index (χ0n) is 11.9. The number of nitrogens with zero attached hydrogens (tertiary/aromatic N) is 1. The quantitative estimate of drug-likeness (QED) is 0.791. The summed E-state index contributed by atoms with van der Waals surface area (Å²) in [7, 11) is -0.954. The van der Waals surface area contributed by atoms with E-state index < -0.39 is 9.84 Å². The molecule has 0 aromatic rings. The molecule has 1 saturated carbocycles. The molecule has 108 valence electrons. The van der Waals surface area contributed by atoms with Crippen LogP contribution < -0.4 is 0 Å². The highest BCUT2D eigenvalue weighted by molar-refractivity contribution is 7.90. The lowest BCUT2D eigenvalue weighted by molar-refractivity contribution is 0.0381. The van der Waals surface area contributed by atoms with Gasteiger partial charge in [0.25, 0.3) is 0 Å². The van der Waals surface area contributed by atoms with Gasteiger partial charge in [0.1, 0.15) is 9.84 Å². The van der Waals surface area contributed by atoms with Gasteiger partial charge in [0.2, 0.25) is 0 Å². The Bertz CT molecular complexity index is 345. The number of hydrogen-bond donors (Lipinski definition) is 1. The molecule has 0 aromatic carbocycles. The third kappa shape index (κ3) is 5.24. The Morgan fingerprint density at radius 3 is 2.33 bits per heavy atom. The van der Waals surface area contributed by atoms with Gasteiger partial charge in [-0.25, -0.2) is 8.42 Å². The van der Waals surface area contributed by atoms with Crippen LogP contribution >= 0.6 is 0 Å². The maximum absolute atomic E-state index is 11.1. The molecule has 5 heteroatoms. The van der Waals surface area contributed by atoms with Crippen molar-refractivity contribution in [3.63, 3.8) is 0 Å². The Labute approximate surface area is 111 Å². The Morgan fingerprint density at radius 1 is 1.33 bits per heavy atom. The van der Waals surface area contributed by atoms with Crippen molar-refractivity contribution in [1.82, 2.24) is 4.90 Å². The number of aliphatic hydroxyl groups is 1. The molecular formula is C13H27NO3S. The average molecular weight is 277 g/mol. The normalized spacial score (nSPS) is 29.7. The molecular weight excluding hydrogens is 250 g/mol. The van der Waals surface area contributed by atoms with Gasteiger partial charge in [-0.05, 0) is 25.8 Å². The summed E-state index contributed by atoms with van der Waals surface area (Å²) in [4.78, 5) is 2.05. The van der Waals surface area contributed by atoms with E-state index in [-0.39, 0.29) is 17.8 Å². The molecule has 0 aliphatic heterocycles. The molecule has 1 aliphatic rings. The van der Waals surface area contributed by atoms with Gasteiger partial charge in [-0.2, -0.15) is 0 Å². The zero-order valence-corrected chi connectivity index (χ0v) is 12.7. The minimum absolute atomic E-state index is 0.0151. The summed E-state index contributed by atoms with van der Waals surface area (Å²) in [5.74, 6) is 0.951. The molecule has 1 aliphatic carbocycles. The summed E-state index contributed by atoms with van der Waals surface area (Å²) in [5, 5.41) is 9.66. The van der Waals surface area contributed by atoms with Crippen LogP contribution in [0.1, 0.15) is 32.6 Å². The fourth-order valence-corrected chi connectivity index (χ4v) is 3.36. The van der Waals surface area contributed by atoms with Crippen LogP contribution in [0.2, 0.25) is 0 Å². The maximum Gasteiger partial charge on any atom is 0.148 e. The third-order valence-electron chi connectivity index (χ3n) is 4.12. The number of aliphatic hydroxyl groups excluding tert-OH is 1. The van der Waals surface area contributed by atoms with E-state index >= 15 is 0 Å². The molecule has 4 nitrogen and oxygen atoms in total. The van der Waals surface area contributed by atoms with Crippen molar-refractivity contribution in [2.45, 2.75) is 32.6 Å². The van der Waals surface area contributed by atoms with Crippen LogP contribution in [0, 0.1) is 11.3 Å². The van der Waals surface area contributed by atoms with E-state index in [4.69, 9.17) is 0 Å². The summed E-state index contributed by atoms with van der Waals surface area (Å²) >= 11 is 0. The lowest BCUT2D eigenvalue weighted by atomic mass is 9.71. The summed E-state index contributed by atoms with van der Waals surface area (Å²) < 4.78 is 22.3. The van der Waals surface area contributed by atoms with E-state index in [1.807, 2.05) is 11.9 Å². The Balaban J connectivity index is 2.47. The van der Waals surface area contributed by atoms with Gasteiger partial charge in [-0.1, -0.05) is 19.8 Å². The Kier molecular flexibility index (Phi) is 5.62. The van der Waals surface area contributed by atoms with E-state index in [0.717, 1.165) is 25.3 Å². The van der Waals surface area contributed by atoms with Gasteiger partial charge >= 0.3 is 0 Å². The van der Waals surface area contributed by atoms with Crippen LogP contribution in [-0.4, -0.2) is 57.2 Å². The molecule has 0 bridgehead atoms. The average Bonchev–Trinajstić information content (AvgIpc) is 2.29. The van der Waals surface area contributed by atoms with Crippen LogP contribution in [0.5, 0.6) is 0 Å². The summed E-state index contributed by atoms with van der Waals surface area (Å²) in [6, 6.07) is 0. The van der Waals surface area contributed by atoms with Crippen LogP contribution in [0.15, 0.2) is 0 Å². The van der Waals surface area contributed by atoms with Crippen LogP contribution in [0.25, 0.3) is 0 Å². The first-order valence-corrected chi connectivity index (χ1v) is 8.79. The highest BCUT2D eigenvalue weighted by Gasteiger charge is 2.34. The van der Waals surface area contributed by atoms with Gasteiger partial charge in [-0.3, -0.25) is 0 Å². The van der Waals surface area contributed by atoms with E-state index in [1.165, 1.54) is 19.1 Å². The molecule has 0 spiro atoms. The molecule has 1 fully saturated rings. The van der Waals surface area contributed by atoms with Crippen LogP contribution in [0.3, 0.4) is 0 Å².